The van der Waals surface area contributed by atoms with E-state index in [0.29, 0.717) is 28.5 Å². The average Bonchev–Trinajstić information content (AvgIpc) is 3.26. The second-order valence-corrected chi connectivity index (χ2v) is 9.65. The third-order valence-electron chi connectivity index (χ3n) is 6.74. The van der Waals surface area contributed by atoms with Crippen LogP contribution in [0.2, 0.25) is 5.02 Å². The fourth-order valence-electron chi connectivity index (χ4n) is 4.82. The summed E-state index contributed by atoms with van der Waals surface area (Å²) in [6.07, 6.45) is 3.89. The van der Waals surface area contributed by atoms with Gasteiger partial charge in [-0.1, -0.05) is 11.6 Å². The van der Waals surface area contributed by atoms with Crippen molar-refractivity contribution >= 4 is 45.3 Å². The number of aromatic amines is 1. The van der Waals surface area contributed by atoms with Gasteiger partial charge in [0.05, 0.1) is 5.02 Å². The Balaban J connectivity index is 1.34. The molecule has 2 aromatic heterocycles. The number of carbonyl (C=O) groups excluding carboxylic acids is 1. The molecule has 37 heavy (non-hydrogen) atoms. The normalized spacial score (nSPS) is 14.8. The first kappa shape index (κ1) is 24.7. The number of amides is 1. The molecule has 1 amide bonds. The summed E-state index contributed by atoms with van der Waals surface area (Å²) < 4.78 is 11.3. The number of aliphatic carboxylic acids is 1. The van der Waals surface area contributed by atoms with Gasteiger partial charge in [-0.25, -0.2) is 9.59 Å². The molecule has 192 valence electrons. The third-order valence-corrected chi connectivity index (χ3v) is 7.03. The van der Waals surface area contributed by atoms with Crippen LogP contribution in [-0.4, -0.2) is 39.2 Å². The van der Waals surface area contributed by atoms with Gasteiger partial charge >= 0.3 is 11.6 Å². The van der Waals surface area contributed by atoms with Gasteiger partial charge in [0.15, 0.2) is 6.10 Å². The van der Waals surface area contributed by atoms with Crippen molar-refractivity contribution in [3.05, 3.63) is 68.7 Å². The molecule has 9 nitrogen and oxygen atoms in total. The monoisotopic (exact) mass is 524 g/mol. The van der Waals surface area contributed by atoms with Crippen molar-refractivity contribution in [2.24, 2.45) is 0 Å². The van der Waals surface area contributed by atoms with Crippen LogP contribution in [0.3, 0.4) is 0 Å². The number of hydrogen-bond donors (Lipinski definition) is 4. The van der Waals surface area contributed by atoms with E-state index in [-0.39, 0.29) is 28.6 Å². The lowest BCUT2D eigenvalue weighted by Crippen LogP contribution is -2.47. The molecular weight excluding hydrogens is 500 g/mol. The number of H-pyrrole nitrogens is 1. The molecule has 1 aliphatic carbocycles. The van der Waals surface area contributed by atoms with E-state index >= 15 is 0 Å². The molecule has 4 aromatic rings. The van der Waals surface area contributed by atoms with Crippen molar-refractivity contribution in [3.63, 3.8) is 0 Å². The number of aryl methyl sites for hydroxylation is 1. The van der Waals surface area contributed by atoms with Gasteiger partial charge in [0, 0.05) is 40.5 Å². The minimum Gasteiger partial charge on any atom is -0.508 e. The smallest absolute Gasteiger partial charge is 0.339 e. The van der Waals surface area contributed by atoms with E-state index in [1.54, 1.807) is 18.3 Å². The average molecular weight is 525 g/mol. The largest absolute Gasteiger partial charge is 0.508 e. The van der Waals surface area contributed by atoms with E-state index in [1.165, 1.54) is 25.1 Å². The molecule has 5 rings (SSSR count). The number of halogens is 1. The second-order valence-electron chi connectivity index (χ2n) is 9.24. The number of hydrogen-bond acceptors (Lipinski definition) is 6. The molecule has 0 aliphatic heterocycles. The number of phenols is 1. The highest BCUT2D eigenvalue weighted by Gasteiger charge is 2.26. The van der Waals surface area contributed by atoms with Crippen molar-refractivity contribution in [2.75, 3.05) is 0 Å². The van der Waals surface area contributed by atoms with E-state index in [2.05, 4.69) is 10.3 Å². The maximum Gasteiger partial charge on any atom is 0.339 e. The Hall–Kier alpha value is -3.98. The SMILES string of the molecule is C[C@H](Oc1cc2oc(=O)c3c(c2cc1Cl)CCCC3)C(=O)N[C@H](Cc1c[nH]c2ccc(O)cc12)C(=O)O. The zero-order valence-corrected chi connectivity index (χ0v) is 20.7. The lowest BCUT2D eigenvalue weighted by atomic mass is 9.90. The summed E-state index contributed by atoms with van der Waals surface area (Å²) in [5, 5.41) is 23.7. The number of carbonyl (C=O) groups is 2. The van der Waals surface area contributed by atoms with E-state index in [9.17, 15) is 24.6 Å². The number of rotatable bonds is 7. The van der Waals surface area contributed by atoms with Gasteiger partial charge in [0.1, 0.15) is 23.1 Å². The molecule has 0 bridgehead atoms. The molecule has 0 saturated heterocycles. The molecule has 4 N–H and O–H groups in total. The van der Waals surface area contributed by atoms with Crippen LogP contribution in [0.1, 0.15) is 36.5 Å². The maximum absolute atomic E-state index is 12.9. The molecule has 10 heteroatoms. The number of benzene rings is 2. The Morgan fingerprint density at radius 2 is 1.92 bits per heavy atom. The Labute approximate surface area is 216 Å². The fourth-order valence-corrected chi connectivity index (χ4v) is 5.03. The zero-order valence-electron chi connectivity index (χ0n) is 20.0. The number of fused-ring (bicyclic) bond motifs is 4. The van der Waals surface area contributed by atoms with E-state index in [4.69, 9.17) is 20.8 Å². The highest BCUT2D eigenvalue weighted by Crippen LogP contribution is 2.34. The molecule has 2 heterocycles. The van der Waals surface area contributed by atoms with Crippen molar-refractivity contribution in [3.8, 4) is 11.5 Å². The second kappa shape index (κ2) is 9.82. The molecule has 0 radical (unpaired) electrons. The minimum atomic E-state index is -1.24. The Morgan fingerprint density at radius 1 is 1.16 bits per heavy atom. The number of aromatic nitrogens is 1. The van der Waals surface area contributed by atoms with Crippen LogP contribution in [-0.2, 0) is 28.9 Å². The van der Waals surface area contributed by atoms with E-state index in [1.807, 2.05) is 0 Å². The predicted octanol–water partition coefficient (Wildman–Crippen LogP) is 4.09. The van der Waals surface area contributed by atoms with Crippen molar-refractivity contribution in [1.82, 2.24) is 10.3 Å². The van der Waals surface area contributed by atoms with Gasteiger partial charge in [-0.15, -0.1) is 0 Å². The standard InChI is InChI=1S/C27H25ClN2O7/c1-13(25(32)30-22(26(33)34)8-14-12-29-21-7-6-15(31)9-18(14)21)36-24-11-23-19(10-20(24)28)16-4-2-3-5-17(16)27(35)37-23/h6-7,9-13,22,29,31H,2-5,8H2,1H3,(H,30,32)(H,33,34)/t13-,22+/m0/s1. The first-order valence-electron chi connectivity index (χ1n) is 12.0. The lowest BCUT2D eigenvalue weighted by molar-refractivity contribution is -0.142. The summed E-state index contributed by atoms with van der Waals surface area (Å²) in [4.78, 5) is 40.3. The van der Waals surface area contributed by atoms with Gasteiger partial charge < -0.3 is 29.7 Å². The predicted molar refractivity (Wildman–Crippen MR) is 137 cm³/mol. The fraction of sp³-hybridized carbons (Fsp3) is 0.296. The highest BCUT2D eigenvalue weighted by atomic mass is 35.5. The van der Waals surface area contributed by atoms with Crippen LogP contribution in [0.25, 0.3) is 21.9 Å². The first-order valence-corrected chi connectivity index (χ1v) is 12.4. The van der Waals surface area contributed by atoms with Crippen molar-refractivity contribution in [1.29, 1.82) is 0 Å². The summed E-state index contributed by atoms with van der Waals surface area (Å²) in [5.41, 5.74) is 2.93. The maximum atomic E-state index is 12.9. The zero-order chi connectivity index (χ0) is 26.3. The van der Waals surface area contributed by atoms with Gasteiger partial charge in [-0.3, -0.25) is 4.79 Å². The molecule has 0 spiro atoms. The summed E-state index contributed by atoms with van der Waals surface area (Å²) in [6.45, 7) is 1.47. The number of aromatic hydroxyl groups is 1. The minimum absolute atomic E-state index is 0.00968. The van der Waals surface area contributed by atoms with Crippen LogP contribution < -0.4 is 15.7 Å². The first-order chi connectivity index (χ1) is 17.7. The highest BCUT2D eigenvalue weighted by molar-refractivity contribution is 6.32. The molecule has 0 fully saturated rings. The molecule has 0 saturated carbocycles. The van der Waals surface area contributed by atoms with Crippen LogP contribution >= 0.6 is 11.6 Å². The Kier molecular flexibility index (Phi) is 6.55. The molecule has 0 unspecified atom stereocenters. The Morgan fingerprint density at radius 3 is 2.68 bits per heavy atom. The van der Waals surface area contributed by atoms with Crippen LogP contribution in [0.15, 0.2) is 45.7 Å². The van der Waals surface area contributed by atoms with Crippen LogP contribution in [0, 0.1) is 0 Å². The number of carboxylic acid groups (broad SMARTS) is 1. The van der Waals surface area contributed by atoms with E-state index in [0.717, 1.165) is 35.7 Å². The van der Waals surface area contributed by atoms with Crippen molar-refractivity contribution < 1.29 is 29.0 Å². The summed E-state index contributed by atoms with van der Waals surface area (Å²) in [5.74, 6) is -1.67. The van der Waals surface area contributed by atoms with Gasteiger partial charge in [0.25, 0.3) is 5.91 Å². The van der Waals surface area contributed by atoms with Crippen molar-refractivity contribution in [2.45, 2.75) is 51.2 Å². The summed E-state index contributed by atoms with van der Waals surface area (Å²) in [7, 11) is 0. The topological polar surface area (TPSA) is 142 Å². The molecule has 2 aromatic carbocycles. The lowest BCUT2D eigenvalue weighted by Gasteiger charge is -2.20. The number of ether oxygens (including phenoxy) is 1. The summed E-state index contributed by atoms with van der Waals surface area (Å²) in [6, 6.07) is 6.67. The number of carboxylic acids is 1. The van der Waals surface area contributed by atoms with Crippen LogP contribution in [0.4, 0.5) is 0 Å². The molecule has 2 atom stereocenters. The molecule has 1 aliphatic rings. The summed E-state index contributed by atoms with van der Waals surface area (Å²) >= 11 is 6.46. The van der Waals surface area contributed by atoms with Crippen LogP contribution in [0.5, 0.6) is 11.5 Å². The number of nitrogens with one attached hydrogen (secondary N) is 2. The van der Waals surface area contributed by atoms with E-state index < -0.39 is 24.0 Å². The third kappa shape index (κ3) is 4.86. The Bertz CT molecular complexity index is 1590. The quantitative estimate of drug-likeness (QED) is 0.267. The van der Waals surface area contributed by atoms with Gasteiger partial charge in [-0.05, 0) is 68.0 Å². The molecular formula is C27H25ClN2O7. The number of phenolic OH excluding ortho intramolecular Hbond substituents is 1. The van der Waals surface area contributed by atoms with Gasteiger partial charge in [0.2, 0.25) is 0 Å². The van der Waals surface area contributed by atoms with Gasteiger partial charge in [-0.2, -0.15) is 0 Å².